The van der Waals surface area contributed by atoms with Crippen LogP contribution in [0.4, 0.5) is 0 Å². The summed E-state index contributed by atoms with van der Waals surface area (Å²) in [6, 6.07) is 0.133. The largest absolute Gasteiger partial charge is 0.396 e. The van der Waals surface area contributed by atoms with Gasteiger partial charge in [0.25, 0.3) is 0 Å². The predicted octanol–water partition coefficient (Wildman–Crippen LogP) is 0.183. The molecular weight excluding hydrogens is 192 g/mol. The van der Waals surface area contributed by atoms with E-state index >= 15 is 0 Å². The maximum atomic E-state index is 11.7. The first kappa shape index (κ1) is 12.2. The number of rotatable bonds is 5. The zero-order valence-corrected chi connectivity index (χ0v) is 9.47. The summed E-state index contributed by atoms with van der Waals surface area (Å²) in [4.78, 5) is 11.7. The van der Waals surface area contributed by atoms with E-state index in [0.29, 0.717) is 0 Å². The first-order valence-corrected chi connectivity index (χ1v) is 5.46. The zero-order chi connectivity index (χ0) is 11.3. The minimum atomic E-state index is 0.0249. The van der Waals surface area contributed by atoms with Crippen LogP contribution in [0.15, 0.2) is 11.1 Å². The summed E-state index contributed by atoms with van der Waals surface area (Å²) in [6.45, 7) is 5.69. The molecule has 1 fully saturated rings. The molecule has 0 bridgehead atoms. The molecule has 0 aromatic heterocycles. The molecule has 0 aromatic rings. The Labute approximate surface area is 90.7 Å². The van der Waals surface area contributed by atoms with E-state index < -0.39 is 0 Å². The summed E-state index contributed by atoms with van der Waals surface area (Å²) >= 11 is 0. The van der Waals surface area contributed by atoms with Gasteiger partial charge < -0.3 is 15.7 Å². The van der Waals surface area contributed by atoms with Crippen molar-refractivity contribution in [2.75, 3.05) is 19.7 Å². The Morgan fingerprint density at radius 2 is 2.27 bits per heavy atom. The fourth-order valence-corrected chi connectivity index (χ4v) is 1.48. The van der Waals surface area contributed by atoms with Gasteiger partial charge in [0.2, 0.25) is 5.91 Å². The summed E-state index contributed by atoms with van der Waals surface area (Å²) in [5.74, 6) is 0.0249. The lowest BCUT2D eigenvalue weighted by molar-refractivity contribution is -0.118. The average molecular weight is 212 g/mol. The summed E-state index contributed by atoms with van der Waals surface area (Å²) in [6.07, 6.45) is 1.56. The molecule has 3 N–H and O–H groups in total. The van der Waals surface area contributed by atoms with Crippen molar-refractivity contribution >= 4 is 5.91 Å². The van der Waals surface area contributed by atoms with E-state index in [1.807, 2.05) is 13.8 Å². The maximum absolute atomic E-state index is 11.7. The molecule has 0 saturated carbocycles. The monoisotopic (exact) mass is 212 g/mol. The second-order valence-corrected chi connectivity index (χ2v) is 4.07. The Morgan fingerprint density at radius 3 is 2.73 bits per heavy atom. The molecule has 0 spiro atoms. The fourth-order valence-electron chi connectivity index (χ4n) is 1.48. The molecule has 1 unspecified atom stereocenters. The summed E-state index contributed by atoms with van der Waals surface area (Å²) < 4.78 is 0. The van der Waals surface area contributed by atoms with Crippen LogP contribution < -0.4 is 10.6 Å². The lowest BCUT2D eigenvalue weighted by Gasteiger charge is -2.22. The number of aliphatic hydroxyl groups is 1. The molecule has 1 aliphatic heterocycles. The van der Waals surface area contributed by atoms with Crippen molar-refractivity contribution in [2.24, 2.45) is 0 Å². The number of carbonyl (C=O) groups is 1. The Kier molecular flexibility index (Phi) is 4.78. The second-order valence-electron chi connectivity index (χ2n) is 4.07. The van der Waals surface area contributed by atoms with Crippen LogP contribution in [0.3, 0.4) is 0 Å². The van der Waals surface area contributed by atoms with Crippen molar-refractivity contribution in [1.82, 2.24) is 10.6 Å². The molecule has 0 aliphatic carbocycles. The topological polar surface area (TPSA) is 61.4 Å². The highest BCUT2D eigenvalue weighted by Gasteiger charge is 2.16. The van der Waals surface area contributed by atoms with E-state index in [1.54, 1.807) is 0 Å². The van der Waals surface area contributed by atoms with Gasteiger partial charge in [0.1, 0.15) is 0 Å². The molecule has 1 heterocycles. The van der Waals surface area contributed by atoms with Crippen LogP contribution in [0.5, 0.6) is 0 Å². The molecule has 1 aliphatic rings. The van der Waals surface area contributed by atoms with Crippen LogP contribution in [-0.2, 0) is 4.79 Å². The van der Waals surface area contributed by atoms with Crippen LogP contribution in [0.2, 0.25) is 0 Å². The van der Waals surface area contributed by atoms with Crippen molar-refractivity contribution in [3.8, 4) is 0 Å². The number of hydrogen-bond acceptors (Lipinski definition) is 3. The number of amides is 1. The molecule has 0 radical (unpaired) electrons. The molecule has 1 saturated heterocycles. The van der Waals surface area contributed by atoms with Crippen LogP contribution in [0, 0.1) is 0 Å². The van der Waals surface area contributed by atoms with Crippen molar-refractivity contribution in [2.45, 2.75) is 32.7 Å². The first-order valence-electron chi connectivity index (χ1n) is 5.46. The first-order chi connectivity index (χ1) is 7.15. The molecular formula is C11H20N2O2. The predicted molar refractivity (Wildman–Crippen MR) is 59.5 cm³/mol. The van der Waals surface area contributed by atoms with Gasteiger partial charge in [-0.15, -0.1) is 0 Å². The Morgan fingerprint density at radius 1 is 1.60 bits per heavy atom. The third-order valence-corrected chi connectivity index (χ3v) is 2.72. The normalized spacial score (nSPS) is 16.9. The quantitative estimate of drug-likeness (QED) is 0.570. The molecule has 1 atom stereocenters. The molecule has 4 heteroatoms. The lowest BCUT2D eigenvalue weighted by Crippen LogP contribution is -2.39. The number of hydrogen-bond donors (Lipinski definition) is 3. The third kappa shape index (κ3) is 3.64. The van der Waals surface area contributed by atoms with Crippen molar-refractivity contribution < 1.29 is 9.90 Å². The summed E-state index contributed by atoms with van der Waals surface area (Å²) in [7, 11) is 0. The van der Waals surface area contributed by atoms with Crippen LogP contribution in [0.1, 0.15) is 26.7 Å². The SMILES string of the molecule is CC(C(=O)NC(C)CCCO)=C1CNC1. The second kappa shape index (κ2) is 5.88. The molecule has 86 valence electrons. The highest BCUT2D eigenvalue weighted by atomic mass is 16.2. The van der Waals surface area contributed by atoms with Crippen LogP contribution >= 0.6 is 0 Å². The van der Waals surface area contributed by atoms with Gasteiger partial charge in [-0.05, 0) is 32.3 Å². The van der Waals surface area contributed by atoms with E-state index in [9.17, 15) is 4.79 Å². The van der Waals surface area contributed by atoms with Gasteiger partial charge in [0.15, 0.2) is 0 Å². The van der Waals surface area contributed by atoms with Crippen molar-refractivity contribution in [3.05, 3.63) is 11.1 Å². The minimum absolute atomic E-state index is 0.0249. The van der Waals surface area contributed by atoms with Gasteiger partial charge in [0, 0.05) is 31.3 Å². The van der Waals surface area contributed by atoms with E-state index in [2.05, 4.69) is 10.6 Å². The Balaban J connectivity index is 2.34. The molecule has 4 nitrogen and oxygen atoms in total. The van der Waals surface area contributed by atoms with E-state index in [0.717, 1.165) is 31.5 Å². The Hall–Kier alpha value is -0.870. The molecule has 1 amide bonds. The van der Waals surface area contributed by atoms with Gasteiger partial charge in [-0.3, -0.25) is 4.79 Å². The standard InChI is InChI=1S/C11H20N2O2/c1-8(4-3-5-14)13-11(15)9(2)10-6-12-7-10/h8,12,14H,3-7H2,1-2H3,(H,13,15). The van der Waals surface area contributed by atoms with Crippen molar-refractivity contribution in [1.29, 1.82) is 0 Å². The molecule has 0 aromatic carbocycles. The van der Waals surface area contributed by atoms with Crippen molar-refractivity contribution in [3.63, 3.8) is 0 Å². The smallest absolute Gasteiger partial charge is 0.247 e. The van der Waals surface area contributed by atoms with Gasteiger partial charge in [0.05, 0.1) is 0 Å². The molecule has 15 heavy (non-hydrogen) atoms. The number of nitrogens with one attached hydrogen (secondary N) is 2. The maximum Gasteiger partial charge on any atom is 0.247 e. The van der Waals surface area contributed by atoms with Gasteiger partial charge in [-0.1, -0.05) is 0 Å². The van der Waals surface area contributed by atoms with E-state index in [-0.39, 0.29) is 18.6 Å². The Bertz CT molecular complexity index is 255. The van der Waals surface area contributed by atoms with E-state index in [4.69, 9.17) is 5.11 Å². The lowest BCUT2D eigenvalue weighted by atomic mass is 10.0. The number of carbonyl (C=O) groups excluding carboxylic acids is 1. The van der Waals surface area contributed by atoms with Crippen LogP contribution in [-0.4, -0.2) is 36.8 Å². The van der Waals surface area contributed by atoms with Crippen LogP contribution in [0.25, 0.3) is 0 Å². The summed E-state index contributed by atoms with van der Waals surface area (Å²) in [5.41, 5.74) is 2.03. The average Bonchev–Trinajstić information content (AvgIpc) is 2.11. The summed E-state index contributed by atoms with van der Waals surface area (Å²) in [5, 5.41) is 14.7. The third-order valence-electron chi connectivity index (χ3n) is 2.72. The highest BCUT2D eigenvalue weighted by Crippen LogP contribution is 2.09. The molecule has 1 rings (SSSR count). The highest BCUT2D eigenvalue weighted by molar-refractivity contribution is 5.94. The minimum Gasteiger partial charge on any atom is -0.396 e. The zero-order valence-electron chi connectivity index (χ0n) is 9.47. The van der Waals surface area contributed by atoms with Gasteiger partial charge >= 0.3 is 0 Å². The number of aliphatic hydroxyl groups excluding tert-OH is 1. The van der Waals surface area contributed by atoms with Gasteiger partial charge in [-0.25, -0.2) is 0 Å². The van der Waals surface area contributed by atoms with Gasteiger partial charge in [-0.2, -0.15) is 0 Å². The fraction of sp³-hybridized carbons (Fsp3) is 0.727. The van der Waals surface area contributed by atoms with E-state index in [1.165, 1.54) is 5.57 Å².